The van der Waals surface area contributed by atoms with Crippen molar-refractivity contribution in [3.05, 3.63) is 79.0 Å². The lowest BCUT2D eigenvalue weighted by molar-refractivity contribution is 0.212. The topological polar surface area (TPSA) is 72.6 Å². The molecule has 9 heteroatoms. The lowest BCUT2D eigenvalue weighted by Crippen LogP contribution is -2.31. The third kappa shape index (κ3) is 4.22. The van der Waals surface area contributed by atoms with Crippen LogP contribution in [0.25, 0.3) is 44.8 Å². The summed E-state index contributed by atoms with van der Waals surface area (Å²) in [5.74, 6) is -1.11. The van der Waals surface area contributed by atoms with Crippen LogP contribution in [0, 0.1) is 11.6 Å². The lowest BCUT2D eigenvalue weighted by atomic mass is 10.0. The van der Waals surface area contributed by atoms with Crippen molar-refractivity contribution in [1.82, 2.24) is 34.6 Å². The standard InChI is InChI=1S/C27H23F2N7/c1-35-9-6-19(7-10-35)36-16-17(13-32-36)25-14-30-15-26(33-25)21-12-24(22-11-18(28)4-5-23(22)29)34-27-20(21)3-2-8-31-27/h2-5,8,11-16,19H,6-7,9-10H2,1H3. The largest absolute Gasteiger partial charge is 0.306 e. The van der Waals surface area contributed by atoms with Gasteiger partial charge in [-0.15, -0.1) is 0 Å². The van der Waals surface area contributed by atoms with Crippen LogP contribution in [-0.4, -0.2) is 54.8 Å². The molecule has 6 rings (SSSR count). The molecule has 0 saturated carbocycles. The first kappa shape index (κ1) is 22.4. The molecule has 0 amide bonds. The van der Waals surface area contributed by atoms with Crippen molar-refractivity contribution in [3.8, 4) is 33.8 Å². The van der Waals surface area contributed by atoms with Crippen LogP contribution in [0.5, 0.6) is 0 Å². The number of rotatable bonds is 4. The van der Waals surface area contributed by atoms with Crippen LogP contribution in [-0.2, 0) is 0 Å². The van der Waals surface area contributed by atoms with Gasteiger partial charge in [-0.25, -0.2) is 23.7 Å². The molecule has 5 heterocycles. The normalized spacial score (nSPS) is 15.0. The number of likely N-dealkylation sites (tertiary alicyclic amines) is 1. The molecule has 1 saturated heterocycles. The van der Waals surface area contributed by atoms with E-state index < -0.39 is 11.6 Å². The Balaban J connectivity index is 1.42. The number of hydrogen-bond donors (Lipinski definition) is 0. The molecule has 0 aliphatic carbocycles. The molecule has 7 nitrogen and oxygen atoms in total. The van der Waals surface area contributed by atoms with Gasteiger partial charge >= 0.3 is 0 Å². The molecule has 0 N–H and O–H groups in total. The molecule has 0 unspecified atom stereocenters. The molecule has 5 aromatic rings. The van der Waals surface area contributed by atoms with E-state index >= 15 is 0 Å². The van der Waals surface area contributed by atoms with Crippen molar-refractivity contribution in [2.45, 2.75) is 18.9 Å². The Morgan fingerprint density at radius 3 is 2.58 bits per heavy atom. The van der Waals surface area contributed by atoms with E-state index in [0.717, 1.165) is 55.1 Å². The molecule has 4 aromatic heterocycles. The highest BCUT2D eigenvalue weighted by atomic mass is 19.1. The highest BCUT2D eigenvalue weighted by Crippen LogP contribution is 2.32. The van der Waals surface area contributed by atoms with Gasteiger partial charge in [-0.2, -0.15) is 5.10 Å². The van der Waals surface area contributed by atoms with Crippen LogP contribution < -0.4 is 0 Å². The molecule has 0 spiro atoms. The average Bonchev–Trinajstić information content (AvgIpc) is 3.40. The molecule has 180 valence electrons. The van der Waals surface area contributed by atoms with Crippen LogP contribution in [0.3, 0.4) is 0 Å². The number of aromatic nitrogens is 6. The fourth-order valence-corrected chi connectivity index (χ4v) is 4.67. The maximum absolute atomic E-state index is 14.6. The molecular weight excluding hydrogens is 460 g/mol. The number of benzene rings is 1. The van der Waals surface area contributed by atoms with Crippen LogP contribution in [0.1, 0.15) is 18.9 Å². The van der Waals surface area contributed by atoms with Gasteiger partial charge < -0.3 is 4.90 Å². The fraction of sp³-hybridized carbons (Fsp3) is 0.222. The van der Waals surface area contributed by atoms with Gasteiger partial charge in [-0.3, -0.25) is 9.67 Å². The molecule has 1 aliphatic rings. The third-order valence-electron chi connectivity index (χ3n) is 6.66. The summed E-state index contributed by atoms with van der Waals surface area (Å²) in [4.78, 5) is 20.5. The Morgan fingerprint density at radius 1 is 0.889 bits per heavy atom. The van der Waals surface area contributed by atoms with Gasteiger partial charge in [0.1, 0.15) is 11.6 Å². The number of hydrogen-bond acceptors (Lipinski definition) is 6. The number of nitrogens with zero attached hydrogens (tertiary/aromatic N) is 7. The van der Waals surface area contributed by atoms with Gasteiger partial charge in [0.05, 0.1) is 41.7 Å². The molecule has 1 aliphatic heterocycles. The first-order chi connectivity index (χ1) is 17.5. The molecule has 1 fully saturated rings. The minimum absolute atomic E-state index is 0.0623. The van der Waals surface area contributed by atoms with E-state index in [4.69, 9.17) is 4.98 Å². The molecule has 0 atom stereocenters. The number of pyridine rings is 2. The summed E-state index contributed by atoms with van der Waals surface area (Å²) < 4.78 is 30.5. The summed E-state index contributed by atoms with van der Waals surface area (Å²) >= 11 is 0. The molecule has 0 bridgehead atoms. The Morgan fingerprint density at radius 2 is 1.72 bits per heavy atom. The first-order valence-electron chi connectivity index (χ1n) is 11.8. The van der Waals surface area contributed by atoms with Crippen molar-refractivity contribution in [2.24, 2.45) is 0 Å². The fourth-order valence-electron chi connectivity index (χ4n) is 4.67. The van der Waals surface area contributed by atoms with E-state index in [9.17, 15) is 8.78 Å². The quantitative estimate of drug-likeness (QED) is 0.352. The van der Waals surface area contributed by atoms with E-state index in [2.05, 4.69) is 32.0 Å². The third-order valence-corrected chi connectivity index (χ3v) is 6.66. The van der Waals surface area contributed by atoms with Gasteiger partial charge in [0.25, 0.3) is 0 Å². The summed E-state index contributed by atoms with van der Waals surface area (Å²) in [7, 11) is 2.14. The number of piperidine rings is 1. The Hall–Kier alpha value is -4.11. The zero-order valence-electron chi connectivity index (χ0n) is 19.6. The second-order valence-electron chi connectivity index (χ2n) is 9.09. The Kier molecular flexibility index (Phi) is 5.69. The minimum Gasteiger partial charge on any atom is -0.306 e. The van der Waals surface area contributed by atoms with Crippen molar-refractivity contribution in [2.75, 3.05) is 20.1 Å². The SMILES string of the molecule is CN1CCC(n2cc(-c3cncc(-c4cc(-c5cc(F)ccc5F)nc5ncccc45)n3)cn2)CC1. The second kappa shape index (κ2) is 9.16. The monoisotopic (exact) mass is 483 g/mol. The molecule has 1 aromatic carbocycles. The zero-order chi connectivity index (χ0) is 24.6. The lowest BCUT2D eigenvalue weighted by Gasteiger charge is -2.28. The smallest absolute Gasteiger partial charge is 0.160 e. The van der Waals surface area contributed by atoms with Crippen molar-refractivity contribution in [3.63, 3.8) is 0 Å². The Labute approximate surface area is 206 Å². The molecule has 0 radical (unpaired) electrons. The first-order valence-corrected chi connectivity index (χ1v) is 11.8. The average molecular weight is 484 g/mol. The summed E-state index contributed by atoms with van der Waals surface area (Å²) in [6, 6.07) is 9.07. The van der Waals surface area contributed by atoms with Crippen molar-refractivity contribution >= 4 is 11.0 Å². The second-order valence-corrected chi connectivity index (χ2v) is 9.09. The zero-order valence-corrected chi connectivity index (χ0v) is 19.6. The van der Waals surface area contributed by atoms with Crippen LogP contribution >= 0.6 is 0 Å². The van der Waals surface area contributed by atoms with Crippen LogP contribution in [0.4, 0.5) is 8.78 Å². The Bertz CT molecular complexity index is 1560. The number of halogens is 2. The van der Waals surface area contributed by atoms with E-state index in [-0.39, 0.29) is 11.3 Å². The van der Waals surface area contributed by atoms with Gasteiger partial charge in [0.2, 0.25) is 0 Å². The van der Waals surface area contributed by atoms with Crippen molar-refractivity contribution < 1.29 is 8.78 Å². The van der Waals surface area contributed by atoms with Gasteiger partial charge in [0, 0.05) is 34.5 Å². The van der Waals surface area contributed by atoms with Crippen molar-refractivity contribution in [1.29, 1.82) is 0 Å². The number of fused-ring (bicyclic) bond motifs is 1. The van der Waals surface area contributed by atoms with Gasteiger partial charge in [-0.1, -0.05) is 0 Å². The van der Waals surface area contributed by atoms with Gasteiger partial charge in [0.15, 0.2) is 5.65 Å². The predicted molar refractivity (Wildman–Crippen MR) is 133 cm³/mol. The summed E-state index contributed by atoms with van der Waals surface area (Å²) in [6.07, 6.45) is 10.9. The summed E-state index contributed by atoms with van der Waals surface area (Å²) in [5.41, 5.74) is 3.57. The van der Waals surface area contributed by atoms with Crippen LogP contribution in [0.15, 0.2) is 67.4 Å². The highest BCUT2D eigenvalue weighted by molar-refractivity contribution is 5.94. The minimum atomic E-state index is -0.564. The molecular formula is C27H23F2N7. The summed E-state index contributed by atoms with van der Waals surface area (Å²) in [5, 5.41) is 5.34. The van der Waals surface area contributed by atoms with E-state index in [0.29, 0.717) is 28.6 Å². The van der Waals surface area contributed by atoms with Gasteiger partial charge in [-0.05, 0) is 69.4 Å². The van der Waals surface area contributed by atoms with E-state index in [1.165, 1.54) is 0 Å². The predicted octanol–water partition coefficient (Wildman–Crippen LogP) is 5.16. The summed E-state index contributed by atoms with van der Waals surface area (Å²) in [6.45, 7) is 2.10. The maximum Gasteiger partial charge on any atom is 0.160 e. The highest BCUT2D eigenvalue weighted by Gasteiger charge is 2.20. The van der Waals surface area contributed by atoms with E-state index in [1.807, 2.05) is 23.1 Å². The maximum atomic E-state index is 14.6. The molecule has 36 heavy (non-hydrogen) atoms. The van der Waals surface area contributed by atoms with Crippen LogP contribution in [0.2, 0.25) is 0 Å². The van der Waals surface area contributed by atoms with E-state index in [1.54, 1.807) is 30.7 Å².